The van der Waals surface area contributed by atoms with Gasteiger partial charge >= 0.3 is 0 Å². The van der Waals surface area contributed by atoms with Crippen molar-refractivity contribution in [1.29, 1.82) is 0 Å². The molecule has 0 saturated carbocycles. The fraction of sp³-hybridized carbons (Fsp3) is 0.111. The van der Waals surface area contributed by atoms with Crippen LogP contribution in [0.3, 0.4) is 0 Å². The molecule has 140 valence electrons. The predicted molar refractivity (Wildman–Crippen MR) is 99.5 cm³/mol. The summed E-state index contributed by atoms with van der Waals surface area (Å²) in [6, 6.07) is 11.1. The highest BCUT2D eigenvalue weighted by Crippen LogP contribution is 2.19. The molecule has 0 radical (unpaired) electrons. The number of aromatic nitrogens is 2. The molecular formula is C18H17FN4O3S. The van der Waals surface area contributed by atoms with E-state index in [-0.39, 0.29) is 22.1 Å². The molecule has 1 amide bonds. The summed E-state index contributed by atoms with van der Waals surface area (Å²) >= 11 is 0. The van der Waals surface area contributed by atoms with Crippen molar-refractivity contribution in [1.82, 2.24) is 9.78 Å². The molecule has 2 aromatic carbocycles. The van der Waals surface area contributed by atoms with Crippen LogP contribution in [0.4, 0.5) is 15.9 Å². The smallest absolute Gasteiger partial charge is 0.261 e. The number of halogens is 1. The van der Waals surface area contributed by atoms with Crippen LogP contribution in [0.25, 0.3) is 0 Å². The van der Waals surface area contributed by atoms with Gasteiger partial charge in [-0.05, 0) is 55.0 Å². The number of nitrogens with one attached hydrogen (secondary N) is 2. The molecule has 0 atom stereocenters. The first-order chi connectivity index (χ1) is 12.7. The number of rotatable bonds is 5. The first-order valence-corrected chi connectivity index (χ1v) is 9.43. The second kappa shape index (κ2) is 7.20. The van der Waals surface area contributed by atoms with Gasteiger partial charge in [0.1, 0.15) is 5.82 Å². The monoisotopic (exact) mass is 388 g/mol. The molecule has 0 bridgehead atoms. The maximum Gasteiger partial charge on any atom is 0.261 e. The maximum absolute atomic E-state index is 13.3. The minimum absolute atomic E-state index is 0.0432. The molecule has 27 heavy (non-hydrogen) atoms. The Hall–Kier alpha value is -3.20. The van der Waals surface area contributed by atoms with Crippen molar-refractivity contribution in [2.75, 3.05) is 10.0 Å². The molecule has 7 nitrogen and oxygen atoms in total. The standard InChI is InChI=1S/C18H17FN4O3S/c1-12-11-15(7-8-16(12)19)27(25,26)22-14-5-3-13(4-6-14)18(24)20-17-9-10-23(2)21-17/h3-11,22H,1-2H3,(H,20,21,24). The van der Waals surface area contributed by atoms with E-state index in [1.807, 2.05) is 0 Å². The summed E-state index contributed by atoms with van der Waals surface area (Å²) in [6.07, 6.45) is 1.70. The van der Waals surface area contributed by atoms with Crippen LogP contribution in [0.1, 0.15) is 15.9 Å². The van der Waals surface area contributed by atoms with Gasteiger partial charge in [-0.25, -0.2) is 12.8 Å². The van der Waals surface area contributed by atoms with Gasteiger partial charge in [0.25, 0.3) is 15.9 Å². The summed E-state index contributed by atoms with van der Waals surface area (Å²) in [4.78, 5) is 12.1. The van der Waals surface area contributed by atoms with Crippen LogP contribution in [0.2, 0.25) is 0 Å². The third kappa shape index (κ3) is 4.32. The van der Waals surface area contributed by atoms with Crippen LogP contribution >= 0.6 is 0 Å². The van der Waals surface area contributed by atoms with Gasteiger partial charge < -0.3 is 5.32 Å². The minimum Gasteiger partial charge on any atom is -0.305 e. The number of carbonyl (C=O) groups excluding carboxylic acids is 1. The first-order valence-electron chi connectivity index (χ1n) is 7.95. The van der Waals surface area contributed by atoms with E-state index in [0.717, 1.165) is 6.07 Å². The Labute approximate surface area is 155 Å². The number of carbonyl (C=O) groups is 1. The van der Waals surface area contributed by atoms with Gasteiger partial charge in [0, 0.05) is 30.6 Å². The van der Waals surface area contributed by atoms with Gasteiger partial charge in [-0.1, -0.05) is 0 Å². The average Bonchev–Trinajstić information content (AvgIpc) is 3.02. The number of sulfonamides is 1. The minimum atomic E-state index is -3.86. The fourth-order valence-corrected chi connectivity index (χ4v) is 3.50. The second-order valence-electron chi connectivity index (χ2n) is 5.92. The summed E-state index contributed by atoms with van der Waals surface area (Å²) in [5, 5.41) is 6.69. The van der Waals surface area contributed by atoms with E-state index in [2.05, 4.69) is 15.1 Å². The molecule has 1 heterocycles. The summed E-state index contributed by atoms with van der Waals surface area (Å²) in [5.74, 6) is -0.423. The first kappa shape index (κ1) is 18.6. The van der Waals surface area contributed by atoms with Crippen LogP contribution in [-0.4, -0.2) is 24.1 Å². The Kier molecular flexibility index (Phi) is 4.95. The number of hydrogen-bond donors (Lipinski definition) is 2. The normalized spacial score (nSPS) is 11.2. The fourth-order valence-electron chi connectivity index (χ4n) is 2.36. The van der Waals surface area contributed by atoms with E-state index in [0.29, 0.717) is 11.4 Å². The number of anilines is 2. The Bertz CT molecular complexity index is 1090. The van der Waals surface area contributed by atoms with Crippen molar-refractivity contribution >= 4 is 27.4 Å². The third-order valence-corrected chi connectivity index (χ3v) is 5.17. The molecule has 2 N–H and O–H groups in total. The summed E-state index contributed by atoms with van der Waals surface area (Å²) in [6.45, 7) is 1.49. The van der Waals surface area contributed by atoms with Crippen molar-refractivity contribution in [3.8, 4) is 0 Å². The zero-order chi connectivity index (χ0) is 19.6. The molecule has 1 aromatic heterocycles. The molecule has 3 aromatic rings. The van der Waals surface area contributed by atoms with E-state index in [1.54, 1.807) is 24.0 Å². The molecule has 0 aliphatic carbocycles. The Balaban J connectivity index is 1.73. The highest BCUT2D eigenvalue weighted by molar-refractivity contribution is 7.92. The number of amides is 1. The summed E-state index contributed by atoms with van der Waals surface area (Å²) in [5.41, 5.74) is 0.868. The maximum atomic E-state index is 13.3. The second-order valence-corrected chi connectivity index (χ2v) is 7.61. The Morgan fingerprint density at radius 1 is 1.11 bits per heavy atom. The van der Waals surface area contributed by atoms with Crippen molar-refractivity contribution < 1.29 is 17.6 Å². The quantitative estimate of drug-likeness (QED) is 0.703. The van der Waals surface area contributed by atoms with E-state index in [1.165, 1.54) is 43.3 Å². The molecule has 0 aliphatic heterocycles. The molecule has 0 fully saturated rings. The van der Waals surface area contributed by atoms with Crippen LogP contribution in [0.15, 0.2) is 59.6 Å². The lowest BCUT2D eigenvalue weighted by molar-refractivity contribution is 0.102. The lowest BCUT2D eigenvalue weighted by atomic mass is 10.2. The Morgan fingerprint density at radius 2 is 1.81 bits per heavy atom. The lowest BCUT2D eigenvalue weighted by Gasteiger charge is -2.10. The molecule has 3 rings (SSSR count). The topological polar surface area (TPSA) is 93.1 Å². The molecule has 0 aliphatic rings. The van der Waals surface area contributed by atoms with Gasteiger partial charge in [0.2, 0.25) is 0 Å². The lowest BCUT2D eigenvalue weighted by Crippen LogP contribution is -2.14. The summed E-state index contributed by atoms with van der Waals surface area (Å²) < 4.78 is 42.1. The zero-order valence-electron chi connectivity index (χ0n) is 14.6. The van der Waals surface area contributed by atoms with Crippen LogP contribution in [-0.2, 0) is 17.1 Å². The van der Waals surface area contributed by atoms with Gasteiger partial charge in [-0.3, -0.25) is 14.2 Å². The molecule has 0 saturated heterocycles. The largest absolute Gasteiger partial charge is 0.305 e. The summed E-state index contributed by atoms with van der Waals surface area (Å²) in [7, 11) is -2.13. The predicted octanol–water partition coefficient (Wildman–Crippen LogP) is 2.92. The molecular weight excluding hydrogens is 371 g/mol. The Morgan fingerprint density at radius 3 is 2.41 bits per heavy atom. The highest BCUT2D eigenvalue weighted by atomic mass is 32.2. The number of aryl methyl sites for hydroxylation is 2. The van der Waals surface area contributed by atoms with Crippen LogP contribution in [0.5, 0.6) is 0 Å². The van der Waals surface area contributed by atoms with E-state index < -0.39 is 15.8 Å². The SMILES string of the molecule is Cc1cc(S(=O)(=O)Nc2ccc(C(=O)Nc3ccn(C)n3)cc2)ccc1F. The average molecular weight is 388 g/mol. The number of hydrogen-bond acceptors (Lipinski definition) is 4. The molecule has 9 heteroatoms. The van der Waals surface area contributed by atoms with Crippen molar-refractivity contribution in [3.05, 3.63) is 71.7 Å². The van der Waals surface area contributed by atoms with Crippen LogP contribution < -0.4 is 10.0 Å². The van der Waals surface area contributed by atoms with E-state index in [4.69, 9.17) is 0 Å². The zero-order valence-corrected chi connectivity index (χ0v) is 15.4. The highest BCUT2D eigenvalue weighted by Gasteiger charge is 2.16. The van der Waals surface area contributed by atoms with Gasteiger partial charge in [-0.2, -0.15) is 5.10 Å². The number of nitrogens with zero attached hydrogens (tertiary/aromatic N) is 2. The van der Waals surface area contributed by atoms with E-state index in [9.17, 15) is 17.6 Å². The molecule has 0 spiro atoms. The van der Waals surface area contributed by atoms with E-state index >= 15 is 0 Å². The van der Waals surface area contributed by atoms with Gasteiger partial charge in [0.15, 0.2) is 5.82 Å². The molecule has 0 unspecified atom stereocenters. The van der Waals surface area contributed by atoms with Crippen LogP contribution in [0, 0.1) is 12.7 Å². The number of benzene rings is 2. The third-order valence-electron chi connectivity index (χ3n) is 3.79. The van der Waals surface area contributed by atoms with Crippen molar-refractivity contribution in [2.45, 2.75) is 11.8 Å². The van der Waals surface area contributed by atoms with Crippen molar-refractivity contribution in [3.63, 3.8) is 0 Å². The van der Waals surface area contributed by atoms with Crippen molar-refractivity contribution in [2.24, 2.45) is 7.05 Å². The van der Waals surface area contributed by atoms with Gasteiger partial charge in [0.05, 0.1) is 4.90 Å². The van der Waals surface area contributed by atoms with Gasteiger partial charge in [-0.15, -0.1) is 0 Å².